The van der Waals surface area contributed by atoms with Crippen molar-refractivity contribution in [2.45, 2.75) is 31.7 Å². The number of nitrogens with two attached hydrogens (primary N) is 1. The third kappa shape index (κ3) is 3.14. The summed E-state index contributed by atoms with van der Waals surface area (Å²) in [6.45, 7) is 0.0697. The molecule has 2 atom stereocenters. The number of aromatic nitrogens is 1. The summed E-state index contributed by atoms with van der Waals surface area (Å²) in [6.07, 6.45) is 3.89. The van der Waals surface area contributed by atoms with E-state index in [1.54, 1.807) is 0 Å². The van der Waals surface area contributed by atoms with Crippen molar-refractivity contribution in [3.63, 3.8) is 0 Å². The number of nitrogens with zero attached hydrogens (tertiary/aromatic N) is 2. The lowest BCUT2D eigenvalue weighted by Gasteiger charge is -2.31. The van der Waals surface area contributed by atoms with Crippen molar-refractivity contribution in [3.05, 3.63) is 22.2 Å². The van der Waals surface area contributed by atoms with E-state index >= 15 is 0 Å². The normalized spacial score (nSPS) is 22.3. The van der Waals surface area contributed by atoms with Crippen LogP contribution in [0.1, 0.15) is 25.7 Å². The molecule has 1 aromatic heterocycles. The number of nitrogen functional groups attached to an aromatic ring is 1. The second kappa shape index (κ2) is 6.49. The maximum Gasteiger partial charge on any atom is 0.311 e. The molecule has 2 unspecified atom stereocenters. The van der Waals surface area contributed by atoms with Crippen molar-refractivity contribution >= 4 is 17.3 Å². The molecule has 2 rings (SSSR count). The van der Waals surface area contributed by atoms with E-state index in [1.807, 2.05) is 0 Å². The summed E-state index contributed by atoms with van der Waals surface area (Å²) in [4.78, 5) is 14.7. The summed E-state index contributed by atoms with van der Waals surface area (Å²) in [5.41, 5.74) is 2.28. The van der Waals surface area contributed by atoms with Crippen molar-refractivity contribution < 1.29 is 10.0 Å². The summed E-state index contributed by atoms with van der Waals surface area (Å²) >= 11 is 0. The van der Waals surface area contributed by atoms with Crippen LogP contribution in [0.5, 0.6) is 0 Å². The van der Waals surface area contributed by atoms with Crippen LogP contribution in [-0.2, 0) is 0 Å². The lowest BCUT2D eigenvalue weighted by atomic mass is 9.85. The first-order valence-corrected chi connectivity index (χ1v) is 6.65. The van der Waals surface area contributed by atoms with Gasteiger partial charge in [0, 0.05) is 24.6 Å². The quantitative estimate of drug-likeness (QED) is 0.363. The zero-order valence-electron chi connectivity index (χ0n) is 11.1. The summed E-state index contributed by atoms with van der Waals surface area (Å²) in [6, 6.07) is 2.81. The lowest BCUT2D eigenvalue weighted by Crippen LogP contribution is -2.34. The third-order valence-corrected chi connectivity index (χ3v) is 3.68. The number of hydrogen-bond donors (Lipinski definition) is 4. The lowest BCUT2D eigenvalue weighted by molar-refractivity contribution is -0.384. The van der Waals surface area contributed by atoms with Gasteiger partial charge in [-0.15, -0.1) is 0 Å². The van der Waals surface area contributed by atoms with Crippen molar-refractivity contribution in [2.24, 2.45) is 11.8 Å². The maximum atomic E-state index is 11.0. The molecular weight excluding hydrogens is 262 g/mol. The fraction of sp³-hybridized carbons (Fsp3) is 0.583. The Bertz CT molecular complexity index is 482. The van der Waals surface area contributed by atoms with Gasteiger partial charge < -0.3 is 15.8 Å². The van der Waals surface area contributed by atoms with Crippen LogP contribution in [-0.4, -0.2) is 27.7 Å². The minimum Gasteiger partial charge on any atom is -0.396 e. The number of nitro groups is 1. The van der Waals surface area contributed by atoms with Crippen molar-refractivity contribution in [1.29, 1.82) is 0 Å². The van der Waals surface area contributed by atoms with Crippen molar-refractivity contribution in [2.75, 3.05) is 17.3 Å². The maximum absolute atomic E-state index is 11.0. The molecular formula is C12H19N5O3. The Morgan fingerprint density at radius 3 is 2.85 bits per heavy atom. The number of aliphatic hydroxyl groups excluding tert-OH is 1. The number of aliphatic hydroxyl groups is 1. The Hall–Kier alpha value is -1.93. The van der Waals surface area contributed by atoms with Gasteiger partial charge in [0.1, 0.15) is 5.82 Å². The summed E-state index contributed by atoms with van der Waals surface area (Å²) in [7, 11) is 0. The van der Waals surface area contributed by atoms with E-state index < -0.39 is 4.92 Å². The molecule has 0 saturated heterocycles. The Morgan fingerprint density at radius 1 is 1.45 bits per heavy atom. The third-order valence-electron chi connectivity index (χ3n) is 3.68. The van der Waals surface area contributed by atoms with E-state index in [-0.39, 0.29) is 30.1 Å². The van der Waals surface area contributed by atoms with Crippen molar-refractivity contribution in [1.82, 2.24) is 4.98 Å². The summed E-state index contributed by atoms with van der Waals surface area (Å²) in [5.74, 6) is 5.92. The topological polar surface area (TPSA) is 126 Å². The van der Waals surface area contributed by atoms with Gasteiger partial charge in [0.15, 0.2) is 0 Å². The number of anilines is 2. The molecule has 0 spiro atoms. The largest absolute Gasteiger partial charge is 0.396 e. The SMILES string of the molecule is NNc1ccc([N+](=O)[O-])c(NC2CCCCC2CO)n1. The van der Waals surface area contributed by atoms with Crippen LogP contribution in [0.3, 0.4) is 0 Å². The monoisotopic (exact) mass is 281 g/mol. The standard InChI is InChI=1S/C12H19N5O3/c13-16-11-6-5-10(17(19)20)12(15-11)14-9-4-2-1-3-8(9)7-18/h5-6,8-9,18H,1-4,7,13H2,(H2,14,15,16). The van der Waals surface area contributed by atoms with E-state index in [0.717, 1.165) is 25.7 Å². The van der Waals surface area contributed by atoms with Gasteiger partial charge in [0.05, 0.1) is 4.92 Å². The van der Waals surface area contributed by atoms with Crippen LogP contribution in [0.4, 0.5) is 17.3 Å². The molecule has 0 bridgehead atoms. The number of hydrazine groups is 1. The Labute approximate surface area is 116 Å². The highest BCUT2D eigenvalue weighted by Crippen LogP contribution is 2.30. The molecule has 20 heavy (non-hydrogen) atoms. The summed E-state index contributed by atoms with van der Waals surface area (Å²) in [5, 5.41) is 23.5. The predicted octanol–water partition coefficient (Wildman–Crippen LogP) is 1.24. The highest BCUT2D eigenvalue weighted by molar-refractivity contribution is 5.60. The Morgan fingerprint density at radius 2 is 2.20 bits per heavy atom. The average molecular weight is 281 g/mol. The molecule has 1 aliphatic rings. The second-order valence-electron chi connectivity index (χ2n) is 4.94. The number of pyridine rings is 1. The van der Waals surface area contributed by atoms with Crippen LogP contribution >= 0.6 is 0 Å². The molecule has 5 N–H and O–H groups in total. The first kappa shape index (κ1) is 14.5. The molecule has 0 aliphatic heterocycles. The predicted molar refractivity (Wildman–Crippen MR) is 75.2 cm³/mol. The molecule has 0 aromatic carbocycles. The van der Waals surface area contributed by atoms with Crippen LogP contribution in [0.15, 0.2) is 12.1 Å². The molecule has 0 radical (unpaired) electrons. The van der Waals surface area contributed by atoms with Gasteiger partial charge in [-0.2, -0.15) is 0 Å². The Balaban J connectivity index is 2.23. The highest BCUT2D eigenvalue weighted by Gasteiger charge is 2.27. The zero-order chi connectivity index (χ0) is 14.5. The van der Waals surface area contributed by atoms with E-state index in [1.165, 1.54) is 12.1 Å². The number of nitrogens with one attached hydrogen (secondary N) is 2. The van der Waals surface area contributed by atoms with E-state index in [0.29, 0.717) is 5.82 Å². The van der Waals surface area contributed by atoms with Gasteiger partial charge >= 0.3 is 5.69 Å². The van der Waals surface area contributed by atoms with E-state index in [4.69, 9.17) is 5.84 Å². The van der Waals surface area contributed by atoms with Crippen LogP contribution < -0.4 is 16.6 Å². The van der Waals surface area contributed by atoms with E-state index in [2.05, 4.69) is 15.7 Å². The van der Waals surface area contributed by atoms with Gasteiger partial charge in [-0.3, -0.25) is 10.1 Å². The molecule has 1 saturated carbocycles. The molecule has 110 valence electrons. The second-order valence-corrected chi connectivity index (χ2v) is 4.94. The fourth-order valence-electron chi connectivity index (χ4n) is 2.58. The number of rotatable bonds is 5. The molecule has 1 aromatic rings. The molecule has 0 amide bonds. The molecule has 1 aliphatic carbocycles. The summed E-state index contributed by atoms with van der Waals surface area (Å²) < 4.78 is 0. The first-order valence-electron chi connectivity index (χ1n) is 6.65. The van der Waals surface area contributed by atoms with Crippen LogP contribution in [0, 0.1) is 16.0 Å². The van der Waals surface area contributed by atoms with Crippen LogP contribution in [0.2, 0.25) is 0 Å². The van der Waals surface area contributed by atoms with Gasteiger partial charge in [0.2, 0.25) is 5.82 Å². The van der Waals surface area contributed by atoms with Crippen molar-refractivity contribution in [3.8, 4) is 0 Å². The first-order chi connectivity index (χ1) is 9.65. The molecule has 1 fully saturated rings. The van der Waals surface area contributed by atoms with Gasteiger partial charge in [-0.05, 0) is 18.9 Å². The Kier molecular flexibility index (Phi) is 4.70. The minimum atomic E-state index is -0.480. The van der Waals surface area contributed by atoms with Gasteiger partial charge in [0.25, 0.3) is 0 Å². The highest BCUT2D eigenvalue weighted by atomic mass is 16.6. The molecule has 8 nitrogen and oxygen atoms in total. The average Bonchev–Trinajstić information content (AvgIpc) is 2.47. The smallest absolute Gasteiger partial charge is 0.311 e. The zero-order valence-corrected chi connectivity index (χ0v) is 11.1. The van der Waals surface area contributed by atoms with Crippen LogP contribution in [0.25, 0.3) is 0 Å². The molecule has 8 heteroatoms. The number of hydrogen-bond acceptors (Lipinski definition) is 7. The minimum absolute atomic E-state index is 0.00651. The van der Waals surface area contributed by atoms with Gasteiger partial charge in [-0.25, -0.2) is 10.8 Å². The fourth-order valence-corrected chi connectivity index (χ4v) is 2.58. The van der Waals surface area contributed by atoms with Gasteiger partial charge in [-0.1, -0.05) is 12.8 Å². The van der Waals surface area contributed by atoms with E-state index in [9.17, 15) is 15.2 Å². The molecule has 1 heterocycles.